The smallest absolute Gasteiger partial charge is 0.191 e. The lowest BCUT2D eigenvalue weighted by Gasteiger charge is -2.19. The van der Waals surface area contributed by atoms with E-state index in [0.717, 1.165) is 46.6 Å². The average molecular weight is 428 g/mol. The van der Waals surface area contributed by atoms with Gasteiger partial charge in [0, 0.05) is 47.5 Å². The van der Waals surface area contributed by atoms with E-state index in [-0.39, 0.29) is 5.78 Å². The highest BCUT2D eigenvalue weighted by Crippen LogP contribution is 2.30. The highest BCUT2D eigenvalue weighted by atomic mass is 16.5. The summed E-state index contributed by atoms with van der Waals surface area (Å²) in [6.45, 7) is 1.72. The first-order chi connectivity index (χ1) is 15.6. The first-order valence-corrected chi connectivity index (χ1v) is 10.8. The standard InChI is InChI=1S/C27H29N3O2/c1-29(2)16-17-30-19-24(23-14-7-8-15-25(23)30)27(31)26(20-10-5-4-6-11-20)28-21-12-9-13-22(18-21)32-3/h4-15,18-19,26,28H,16-17H2,1-3H3. The van der Waals surface area contributed by atoms with Crippen LogP contribution in [0.15, 0.2) is 85.1 Å². The number of hydrogen-bond acceptors (Lipinski definition) is 4. The Kier molecular flexibility index (Phi) is 6.57. The number of methoxy groups -OCH3 is 1. The van der Waals surface area contributed by atoms with Crippen LogP contribution in [0.2, 0.25) is 0 Å². The number of fused-ring (bicyclic) bond motifs is 1. The van der Waals surface area contributed by atoms with Gasteiger partial charge in [-0.2, -0.15) is 0 Å². The third-order valence-corrected chi connectivity index (χ3v) is 5.62. The molecule has 32 heavy (non-hydrogen) atoms. The summed E-state index contributed by atoms with van der Waals surface area (Å²) in [4.78, 5) is 16.1. The zero-order valence-corrected chi connectivity index (χ0v) is 18.8. The van der Waals surface area contributed by atoms with Gasteiger partial charge in [0.2, 0.25) is 0 Å². The van der Waals surface area contributed by atoms with E-state index in [0.29, 0.717) is 0 Å². The third-order valence-electron chi connectivity index (χ3n) is 5.62. The van der Waals surface area contributed by atoms with Crippen LogP contribution in [0.3, 0.4) is 0 Å². The average Bonchev–Trinajstić information content (AvgIpc) is 3.20. The number of rotatable bonds is 9. The lowest BCUT2D eigenvalue weighted by molar-refractivity contribution is 0.0971. The van der Waals surface area contributed by atoms with E-state index in [1.54, 1.807) is 7.11 Å². The summed E-state index contributed by atoms with van der Waals surface area (Å²) < 4.78 is 7.54. The molecular formula is C27H29N3O2. The zero-order valence-electron chi connectivity index (χ0n) is 18.8. The van der Waals surface area contributed by atoms with Gasteiger partial charge in [-0.3, -0.25) is 4.79 Å². The molecule has 4 aromatic rings. The zero-order chi connectivity index (χ0) is 22.5. The highest BCUT2D eigenvalue weighted by molar-refractivity contribution is 6.11. The Morgan fingerprint density at radius 3 is 2.50 bits per heavy atom. The molecule has 5 heteroatoms. The molecule has 1 unspecified atom stereocenters. The number of nitrogens with zero attached hydrogens (tertiary/aromatic N) is 2. The summed E-state index contributed by atoms with van der Waals surface area (Å²) in [7, 11) is 5.75. The molecule has 0 spiro atoms. The lowest BCUT2D eigenvalue weighted by Crippen LogP contribution is -2.21. The van der Waals surface area contributed by atoms with Crippen LogP contribution < -0.4 is 10.1 Å². The fourth-order valence-electron chi connectivity index (χ4n) is 3.92. The van der Waals surface area contributed by atoms with Gasteiger partial charge in [-0.1, -0.05) is 54.6 Å². The van der Waals surface area contributed by atoms with E-state index < -0.39 is 6.04 Å². The van der Waals surface area contributed by atoms with Crippen molar-refractivity contribution in [2.24, 2.45) is 0 Å². The van der Waals surface area contributed by atoms with Crippen molar-refractivity contribution < 1.29 is 9.53 Å². The number of carbonyl (C=O) groups excluding carboxylic acids is 1. The Morgan fingerprint density at radius 2 is 1.75 bits per heavy atom. The second-order valence-electron chi connectivity index (χ2n) is 8.14. The Bertz CT molecular complexity index is 1200. The monoisotopic (exact) mass is 427 g/mol. The summed E-state index contributed by atoms with van der Waals surface area (Å²) in [5.74, 6) is 0.786. The minimum atomic E-state index is -0.517. The van der Waals surface area contributed by atoms with E-state index >= 15 is 0 Å². The maximum absolute atomic E-state index is 14.0. The van der Waals surface area contributed by atoms with Gasteiger partial charge in [0.25, 0.3) is 0 Å². The van der Waals surface area contributed by atoms with Crippen molar-refractivity contribution in [3.63, 3.8) is 0 Å². The number of ether oxygens (including phenoxy) is 1. The van der Waals surface area contributed by atoms with Crippen molar-refractivity contribution >= 4 is 22.4 Å². The van der Waals surface area contributed by atoms with Crippen molar-refractivity contribution in [2.75, 3.05) is 33.1 Å². The van der Waals surface area contributed by atoms with Gasteiger partial charge >= 0.3 is 0 Å². The van der Waals surface area contributed by atoms with Gasteiger partial charge < -0.3 is 19.5 Å². The van der Waals surface area contributed by atoms with Gasteiger partial charge in [-0.15, -0.1) is 0 Å². The molecule has 0 aliphatic heterocycles. The first kappa shape index (κ1) is 21.7. The molecule has 0 fully saturated rings. The van der Waals surface area contributed by atoms with Crippen LogP contribution in [0.25, 0.3) is 10.9 Å². The lowest BCUT2D eigenvalue weighted by atomic mass is 9.96. The number of aromatic nitrogens is 1. The van der Waals surface area contributed by atoms with Crippen LogP contribution in [-0.2, 0) is 6.54 Å². The molecule has 0 radical (unpaired) electrons. The second kappa shape index (κ2) is 9.71. The number of carbonyl (C=O) groups is 1. The van der Waals surface area contributed by atoms with E-state index in [1.165, 1.54) is 0 Å². The molecule has 0 aliphatic rings. The molecule has 1 atom stereocenters. The number of para-hydroxylation sites is 1. The van der Waals surface area contributed by atoms with E-state index in [2.05, 4.69) is 34.9 Å². The van der Waals surface area contributed by atoms with Gasteiger partial charge in [-0.05, 0) is 37.9 Å². The largest absolute Gasteiger partial charge is 0.497 e. The third kappa shape index (κ3) is 4.68. The number of hydrogen-bond donors (Lipinski definition) is 1. The Morgan fingerprint density at radius 1 is 1.00 bits per heavy atom. The summed E-state index contributed by atoms with van der Waals surface area (Å²) in [5, 5.41) is 4.42. The molecule has 0 aliphatic carbocycles. The first-order valence-electron chi connectivity index (χ1n) is 10.8. The Balaban J connectivity index is 1.75. The SMILES string of the molecule is COc1cccc(NC(C(=O)c2cn(CCN(C)C)c3ccccc23)c2ccccc2)c1. The van der Waals surface area contributed by atoms with Crippen molar-refractivity contribution in [1.82, 2.24) is 9.47 Å². The fraction of sp³-hybridized carbons (Fsp3) is 0.222. The van der Waals surface area contributed by atoms with Crippen LogP contribution in [0, 0.1) is 0 Å². The van der Waals surface area contributed by atoms with Crippen molar-refractivity contribution in [2.45, 2.75) is 12.6 Å². The number of nitrogens with one attached hydrogen (secondary N) is 1. The molecule has 3 aromatic carbocycles. The van der Waals surface area contributed by atoms with Crippen LogP contribution in [-0.4, -0.2) is 43.0 Å². The van der Waals surface area contributed by atoms with Crippen molar-refractivity contribution in [3.8, 4) is 5.75 Å². The molecule has 4 rings (SSSR count). The number of Topliss-reactive ketones (excluding diaryl/α,β-unsaturated/α-hetero) is 1. The second-order valence-corrected chi connectivity index (χ2v) is 8.14. The molecule has 5 nitrogen and oxygen atoms in total. The summed E-state index contributed by atoms with van der Waals surface area (Å²) in [6, 6.07) is 25.1. The van der Waals surface area contributed by atoms with Gasteiger partial charge in [-0.25, -0.2) is 0 Å². The van der Waals surface area contributed by atoms with E-state index in [1.807, 2.05) is 79.0 Å². The van der Waals surface area contributed by atoms with Crippen molar-refractivity contribution in [3.05, 3.63) is 96.2 Å². The molecule has 1 aromatic heterocycles. The quantitative estimate of drug-likeness (QED) is 0.371. The molecule has 0 bridgehead atoms. The molecule has 1 N–H and O–H groups in total. The fourth-order valence-corrected chi connectivity index (χ4v) is 3.92. The van der Waals surface area contributed by atoms with Crippen LogP contribution in [0.1, 0.15) is 22.0 Å². The summed E-state index contributed by atoms with van der Waals surface area (Å²) in [5.41, 5.74) is 3.56. The molecule has 0 saturated carbocycles. The molecule has 1 heterocycles. The van der Waals surface area contributed by atoms with E-state index in [4.69, 9.17) is 4.74 Å². The molecule has 164 valence electrons. The van der Waals surface area contributed by atoms with E-state index in [9.17, 15) is 4.79 Å². The predicted molar refractivity (Wildman–Crippen MR) is 131 cm³/mol. The maximum atomic E-state index is 14.0. The molecular weight excluding hydrogens is 398 g/mol. The number of likely N-dealkylation sites (N-methyl/N-ethyl adjacent to an activating group) is 1. The minimum absolute atomic E-state index is 0.0406. The van der Waals surface area contributed by atoms with Crippen LogP contribution in [0.5, 0.6) is 5.75 Å². The normalized spacial score (nSPS) is 12.1. The summed E-state index contributed by atoms with van der Waals surface area (Å²) in [6.07, 6.45) is 2.00. The topological polar surface area (TPSA) is 46.5 Å². The van der Waals surface area contributed by atoms with Crippen LogP contribution in [0.4, 0.5) is 5.69 Å². The molecule has 0 amide bonds. The Labute approximate surface area is 189 Å². The van der Waals surface area contributed by atoms with Crippen molar-refractivity contribution in [1.29, 1.82) is 0 Å². The molecule has 0 saturated heterocycles. The summed E-state index contributed by atoms with van der Waals surface area (Å²) >= 11 is 0. The van der Waals surface area contributed by atoms with Gasteiger partial charge in [0.1, 0.15) is 11.8 Å². The van der Waals surface area contributed by atoms with Crippen LogP contribution >= 0.6 is 0 Å². The van der Waals surface area contributed by atoms with Gasteiger partial charge in [0.05, 0.1) is 7.11 Å². The maximum Gasteiger partial charge on any atom is 0.191 e. The van der Waals surface area contributed by atoms with Gasteiger partial charge in [0.15, 0.2) is 5.78 Å². The highest BCUT2D eigenvalue weighted by Gasteiger charge is 2.25. The minimum Gasteiger partial charge on any atom is -0.497 e. The Hall–Kier alpha value is -3.57. The number of benzene rings is 3. The predicted octanol–water partition coefficient (Wildman–Crippen LogP) is 5.25. The number of ketones is 1. The number of anilines is 1.